The van der Waals surface area contributed by atoms with E-state index in [9.17, 15) is 4.39 Å². The second-order valence-electron chi connectivity index (χ2n) is 4.56. The number of hydrogen-bond donors (Lipinski definition) is 1. The molecule has 0 atom stereocenters. The van der Waals surface area contributed by atoms with Gasteiger partial charge in [0, 0.05) is 24.9 Å². The molecule has 0 aliphatic heterocycles. The van der Waals surface area contributed by atoms with Crippen molar-refractivity contribution in [3.05, 3.63) is 41.5 Å². The highest BCUT2D eigenvalue weighted by atomic mass is 32.1. The van der Waals surface area contributed by atoms with E-state index in [0.29, 0.717) is 16.2 Å². The molecule has 104 valence electrons. The van der Waals surface area contributed by atoms with E-state index in [0.717, 1.165) is 10.9 Å². The number of hydrogen-bond acceptors (Lipinski definition) is 3. The largest absolute Gasteiger partial charge is 0.354 e. The van der Waals surface area contributed by atoms with Gasteiger partial charge in [0.05, 0.1) is 18.1 Å². The number of aromatic nitrogens is 1. The van der Waals surface area contributed by atoms with Crippen molar-refractivity contribution in [2.45, 2.75) is 6.92 Å². The Kier molecular flexibility index (Phi) is 4.24. The predicted octanol–water partition coefficient (Wildman–Crippen LogP) is 2.45. The molecule has 0 aliphatic carbocycles. The lowest BCUT2D eigenvalue weighted by Crippen LogP contribution is -2.30. The van der Waals surface area contributed by atoms with Crippen molar-refractivity contribution in [3.63, 3.8) is 0 Å². The minimum absolute atomic E-state index is 0.327. The van der Waals surface area contributed by atoms with E-state index in [1.165, 1.54) is 12.4 Å². The average Bonchev–Trinajstić information content (AvgIpc) is 2.41. The van der Waals surface area contributed by atoms with Crippen LogP contribution in [0.3, 0.4) is 0 Å². The lowest BCUT2D eigenvalue weighted by molar-refractivity contribution is 0.606. The van der Waals surface area contributed by atoms with Gasteiger partial charge in [0.2, 0.25) is 0 Å². The molecule has 0 spiro atoms. The molecular weight excluding hydrogens is 275 g/mol. The van der Waals surface area contributed by atoms with Gasteiger partial charge in [-0.1, -0.05) is 18.2 Å². The molecule has 0 amide bonds. The number of rotatable bonds is 2. The summed E-state index contributed by atoms with van der Waals surface area (Å²) < 4.78 is 13.8. The molecule has 0 saturated heterocycles. The molecule has 0 aliphatic rings. The highest BCUT2D eigenvalue weighted by Gasteiger charge is 2.08. The second-order valence-corrected chi connectivity index (χ2v) is 4.95. The van der Waals surface area contributed by atoms with E-state index in [1.54, 1.807) is 4.90 Å². The summed E-state index contributed by atoms with van der Waals surface area (Å²) in [5.41, 5.74) is 4.18. The molecule has 20 heavy (non-hydrogen) atoms. The molecule has 0 radical (unpaired) electrons. The Labute approximate surface area is 122 Å². The Morgan fingerprint density at radius 2 is 2.20 bits per heavy atom. The van der Waals surface area contributed by atoms with Gasteiger partial charge in [-0.05, 0) is 24.7 Å². The Bertz CT molecular complexity index is 674. The molecule has 1 N–H and O–H groups in total. The number of halogens is 1. The predicted molar refractivity (Wildman–Crippen MR) is 83.5 cm³/mol. The zero-order valence-corrected chi connectivity index (χ0v) is 12.3. The van der Waals surface area contributed by atoms with Gasteiger partial charge >= 0.3 is 0 Å². The van der Waals surface area contributed by atoms with Gasteiger partial charge in [-0.2, -0.15) is 5.10 Å². The third-order valence-electron chi connectivity index (χ3n) is 2.86. The van der Waals surface area contributed by atoms with Gasteiger partial charge in [-0.25, -0.2) is 4.39 Å². The third-order valence-corrected chi connectivity index (χ3v) is 3.31. The Balaban J connectivity index is 2.37. The number of pyridine rings is 1. The fourth-order valence-corrected chi connectivity index (χ4v) is 1.86. The summed E-state index contributed by atoms with van der Waals surface area (Å²) >= 11 is 5.05. The van der Waals surface area contributed by atoms with Crippen molar-refractivity contribution in [2.75, 3.05) is 14.1 Å². The van der Waals surface area contributed by atoms with Crippen LogP contribution in [0.15, 0.2) is 29.5 Å². The van der Waals surface area contributed by atoms with Crippen molar-refractivity contribution in [2.24, 2.45) is 5.10 Å². The number of benzene rings is 1. The van der Waals surface area contributed by atoms with Gasteiger partial charge in [0.1, 0.15) is 5.82 Å². The van der Waals surface area contributed by atoms with Crippen LogP contribution in [0, 0.1) is 12.7 Å². The Morgan fingerprint density at radius 3 is 2.90 bits per heavy atom. The molecule has 2 rings (SSSR count). The van der Waals surface area contributed by atoms with Crippen LogP contribution in [0.4, 0.5) is 4.39 Å². The minimum atomic E-state index is -0.327. The molecule has 4 nitrogen and oxygen atoms in total. The first-order valence-electron chi connectivity index (χ1n) is 6.05. The Hall–Kier alpha value is -2.08. The molecule has 0 bridgehead atoms. The fourth-order valence-electron chi connectivity index (χ4n) is 1.81. The van der Waals surface area contributed by atoms with E-state index < -0.39 is 0 Å². The van der Waals surface area contributed by atoms with Crippen molar-refractivity contribution >= 4 is 34.3 Å². The topological polar surface area (TPSA) is 40.5 Å². The van der Waals surface area contributed by atoms with Crippen molar-refractivity contribution in [1.82, 2.24) is 15.3 Å². The first-order valence-corrected chi connectivity index (χ1v) is 6.45. The van der Waals surface area contributed by atoms with Crippen LogP contribution in [0.1, 0.15) is 11.3 Å². The summed E-state index contributed by atoms with van der Waals surface area (Å²) in [5.74, 6) is -0.327. The SMILES string of the molecule is Cc1cccc2c(/C=N\NC(=S)N(C)C)ncc(F)c12. The van der Waals surface area contributed by atoms with Crippen LogP contribution in [0.25, 0.3) is 10.8 Å². The zero-order chi connectivity index (χ0) is 14.7. The lowest BCUT2D eigenvalue weighted by atomic mass is 10.1. The number of fused-ring (bicyclic) bond motifs is 1. The summed E-state index contributed by atoms with van der Waals surface area (Å²) in [6.45, 7) is 1.87. The summed E-state index contributed by atoms with van der Waals surface area (Å²) in [4.78, 5) is 5.80. The lowest BCUT2D eigenvalue weighted by Gasteiger charge is -2.11. The summed E-state index contributed by atoms with van der Waals surface area (Å²) in [6, 6.07) is 5.56. The number of nitrogens with zero attached hydrogens (tertiary/aromatic N) is 3. The van der Waals surface area contributed by atoms with Crippen molar-refractivity contribution in [3.8, 4) is 0 Å². The highest BCUT2D eigenvalue weighted by Crippen LogP contribution is 2.22. The van der Waals surface area contributed by atoms with Crippen LogP contribution in [-0.2, 0) is 0 Å². The molecule has 1 heterocycles. The van der Waals surface area contributed by atoms with E-state index in [1.807, 2.05) is 39.2 Å². The molecule has 1 aromatic carbocycles. The molecular formula is C14H15FN4S. The first-order chi connectivity index (χ1) is 9.50. The minimum Gasteiger partial charge on any atom is -0.354 e. The second kappa shape index (κ2) is 5.92. The normalized spacial score (nSPS) is 11.0. The number of aryl methyl sites for hydroxylation is 1. The molecule has 1 aromatic heterocycles. The maximum Gasteiger partial charge on any atom is 0.189 e. The summed E-state index contributed by atoms with van der Waals surface area (Å²) in [6.07, 6.45) is 2.75. The number of hydrazone groups is 1. The van der Waals surface area contributed by atoms with E-state index in [-0.39, 0.29) is 5.82 Å². The average molecular weight is 290 g/mol. The van der Waals surface area contributed by atoms with Crippen LogP contribution in [-0.4, -0.2) is 35.3 Å². The molecule has 2 aromatic rings. The molecule has 0 fully saturated rings. The first kappa shape index (κ1) is 14.3. The molecule has 0 saturated carbocycles. The third kappa shape index (κ3) is 2.91. The van der Waals surface area contributed by atoms with Gasteiger partial charge < -0.3 is 4.90 Å². The quantitative estimate of drug-likeness (QED) is 0.524. The molecule has 0 unspecified atom stereocenters. The van der Waals surface area contributed by atoms with Crippen LogP contribution in [0.2, 0.25) is 0 Å². The number of nitrogens with one attached hydrogen (secondary N) is 1. The maximum atomic E-state index is 13.8. The van der Waals surface area contributed by atoms with Gasteiger partial charge in [-0.3, -0.25) is 10.4 Å². The zero-order valence-electron chi connectivity index (χ0n) is 11.5. The van der Waals surface area contributed by atoms with Crippen molar-refractivity contribution < 1.29 is 4.39 Å². The van der Waals surface area contributed by atoms with Gasteiger partial charge in [-0.15, -0.1) is 0 Å². The van der Waals surface area contributed by atoms with Crippen LogP contribution < -0.4 is 5.43 Å². The molecule has 6 heteroatoms. The van der Waals surface area contributed by atoms with E-state index in [2.05, 4.69) is 15.5 Å². The number of thiocarbonyl (C=S) groups is 1. The van der Waals surface area contributed by atoms with E-state index >= 15 is 0 Å². The van der Waals surface area contributed by atoms with Gasteiger partial charge in [0.25, 0.3) is 0 Å². The van der Waals surface area contributed by atoms with Crippen molar-refractivity contribution in [1.29, 1.82) is 0 Å². The van der Waals surface area contributed by atoms with Gasteiger partial charge in [0.15, 0.2) is 5.11 Å². The van der Waals surface area contributed by atoms with E-state index in [4.69, 9.17) is 12.2 Å². The highest BCUT2D eigenvalue weighted by molar-refractivity contribution is 7.80. The van der Waals surface area contributed by atoms with Crippen LogP contribution in [0.5, 0.6) is 0 Å². The smallest absolute Gasteiger partial charge is 0.189 e. The maximum absolute atomic E-state index is 13.8. The monoisotopic (exact) mass is 290 g/mol. The van der Waals surface area contributed by atoms with Crippen LogP contribution >= 0.6 is 12.2 Å². The Morgan fingerprint density at radius 1 is 1.45 bits per heavy atom. The standard InChI is InChI=1S/C14H15FN4S/c1-9-5-4-6-10-12(16-7-11(15)13(9)10)8-17-18-14(20)19(2)3/h4-8H,1-3H3,(H,18,20)/b17-8-. The summed E-state index contributed by atoms with van der Waals surface area (Å²) in [5, 5.41) is 5.82. The fraction of sp³-hybridized carbons (Fsp3) is 0.214. The summed E-state index contributed by atoms with van der Waals surface area (Å²) in [7, 11) is 3.64.